The predicted octanol–water partition coefficient (Wildman–Crippen LogP) is 2.95. The first-order chi connectivity index (χ1) is 15.6. The Bertz CT molecular complexity index is 1100. The molecular weight excluding hydrogens is 440 g/mol. The van der Waals surface area contributed by atoms with E-state index in [0.29, 0.717) is 35.8 Å². The van der Waals surface area contributed by atoms with Crippen LogP contribution in [-0.2, 0) is 22.6 Å². The fraction of sp³-hybridized carbons (Fsp3) is 0.583. The Kier molecular flexibility index (Phi) is 5.48. The molecule has 1 aliphatic carbocycles. The van der Waals surface area contributed by atoms with Crippen molar-refractivity contribution in [3.8, 4) is 11.1 Å². The standard InChI is InChI=1S/C24H31ClN6O2/c1-13(26)23(33)30-10-15-4-14(5-16(15)11-30)22(32)29-21-6-17(19(25)9-27-21)18-8-28-31-12-24(2,3)7-20(18)31/h6,8-9,13-16H,4-5,7,10-12,26H2,1-3H3,(H,27,29,32)/t13-,14?,15+,16?/m0/s1. The maximum absolute atomic E-state index is 13.0. The zero-order valence-corrected chi connectivity index (χ0v) is 20.1. The van der Waals surface area contributed by atoms with Gasteiger partial charge in [-0.1, -0.05) is 25.4 Å². The number of pyridine rings is 1. The van der Waals surface area contributed by atoms with Crippen molar-refractivity contribution >= 4 is 29.2 Å². The summed E-state index contributed by atoms with van der Waals surface area (Å²) in [5.74, 6) is 1.12. The molecule has 2 aromatic heterocycles. The molecule has 0 bridgehead atoms. The monoisotopic (exact) mass is 470 g/mol. The van der Waals surface area contributed by atoms with Crippen LogP contribution in [0.4, 0.5) is 5.82 Å². The van der Waals surface area contributed by atoms with Crippen LogP contribution >= 0.6 is 11.6 Å². The SMILES string of the molecule is C[C@H](N)C(=O)N1CC2CC(C(=O)Nc3cc(-c4cnn5c4CC(C)(C)C5)c(Cl)cn3)C[C@@H]2C1. The van der Waals surface area contributed by atoms with Crippen LogP contribution in [0.1, 0.15) is 39.3 Å². The first-order valence-electron chi connectivity index (χ1n) is 11.7. The molecule has 2 fully saturated rings. The number of hydrogen-bond acceptors (Lipinski definition) is 5. The number of rotatable bonds is 4. The second-order valence-corrected chi connectivity index (χ2v) is 11.2. The average molecular weight is 471 g/mol. The maximum atomic E-state index is 13.0. The Hall–Kier alpha value is -2.45. The number of amides is 2. The van der Waals surface area contributed by atoms with Gasteiger partial charge in [-0.2, -0.15) is 5.10 Å². The minimum atomic E-state index is -0.476. The van der Waals surface area contributed by atoms with Gasteiger partial charge >= 0.3 is 0 Å². The van der Waals surface area contributed by atoms with Gasteiger partial charge in [0.2, 0.25) is 11.8 Å². The molecule has 0 spiro atoms. The van der Waals surface area contributed by atoms with Gasteiger partial charge in [0.25, 0.3) is 0 Å². The summed E-state index contributed by atoms with van der Waals surface area (Å²) in [5.41, 5.74) is 8.92. The summed E-state index contributed by atoms with van der Waals surface area (Å²) in [7, 11) is 0. The van der Waals surface area contributed by atoms with Crippen molar-refractivity contribution in [1.29, 1.82) is 0 Å². The van der Waals surface area contributed by atoms with Crippen molar-refractivity contribution in [2.75, 3.05) is 18.4 Å². The van der Waals surface area contributed by atoms with Crippen LogP contribution in [0.15, 0.2) is 18.5 Å². The van der Waals surface area contributed by atoms with Crippen molar-refractivity contribution in [3.63, 3.8) is 0 Å². The van der Waals surface area contributed by atoms with Crippen LogP contribution in [0.3, 0.4) is 0 Å². The first kappa shape index (κ1) is 22.3. The van der Waals surface area contributed by atoms with Gasteiger partial charge in [-0.25, -0.2) is 4.98 Å². The zero-order valence-electron chi connectivity index (χ0n) is 19.3. The third-order valence-corrected chi connectivity index (χ3v) is 7.69. The van der Waals surface area contributed by atoms with E-state index in [1.165, 1.54) is 5.69 Å². The number of carbonyl (C=O) groups is 2. The second kappa shape index (κ2) is 8.09. The van der Waals surface area contributed by atoms with Crippen molar-refractivity contribution in [3.05, 3.63) is 29.2 Å². The van der Waals surface area contributed by atoms with Crippen LogP contribution in [-0.4, -0.2) is 50.6 Å². The maximum Gasteiger partial charge on any atom is 0.239 e. The third-order valence-electron chi connectivity index (χ3n) is 7.39. The molecule has 2 unspecified atom stereocenters. The number of hydrogen-bond donors (Lipinski definition) is 2. The van der Waals surface area contributed by atoms with Crippen LogP contribution in [0.5, 0.6) is 0 Å². The third kappa shape index (κ3) is 4.15. The molecule has 3 aliphatic rings. The fourth-order valence-corrected chi connectivity index (χ4v) is 6.00. The van der Waals surface area contributed by atoms with E-state index in [-0.39, 0.29) is 23.1 Å². The van der Waals surface area contributed by atoms with Crippen molar-refractivity contribution in [2.24, 2.45) is 28.9 Å². The van der Waals surface area contributed by atoms with Crippen LogP contribution in [0.25, 0.3) is 11.1 Å². The molecule has 2 aliphatic heterocycles. The minimum Gasteiger partial charge on any atom is -0.341 e. The molecule has 0 radical (unpaired) electrons. The number of anilines is 1. The van der Waals surface area contributed by atoms with E-state index >= 15 is 0 Å². The molecule has 33 heavy (non-hydrogen) atoms. The van der Waals surface area contributed by atoms with Crippen molar-refractivity contribution in [1.82, 2.24) is 19.7 Å². The molecule has 176 valence electrons. The zero-order chi connectivity index (χ0) is 23.5. The van der Waals surface area contributed by atoms with E-state index < -0.39 is 6.04 Å². The number of aromatic nitrogens is 3. The summed E-state index contributed by atoms with van der Waals surface area (Å²) >= 11 is 6.50. The van der Waals surface area contributed by atoms with E-state index in [1.807, 2.05) is 21.8 Å². The lowest BCUT2D eigenvalue weighted by Crippen LogP contribution is -2.41. The Morgan fingerprint density at radius 2 is 1.91 bits per heavy atom. The summed E-state index contributed by atoms with van der Waals surface area (Å²) in [4.78, 5) is 31.4. The minimum absolute atomic E-state index is 0.00154. The molecule has 3 N–H and O–H groups in total. The number of fused-ring (bicyclic) bond motifs is 2. The van der Waals surface area contributed by atoms with Crippen LogP contribution in [0, 0.1) is 23.2 Å². The average Bonchev–Trinajstić information content (AvgIpc) is 3.47. The molecule has 4 atom stereocenters. The molecule has 1 saturated heterocycles. The number of nitrogens with two attached hydrogens (primary N) is 1. The van der Waals surface area contributed by atoms with Gasteiger partial charge in [-0.15, -0.1) is 0 Å². The largest absolute Gasteiger partial charge is 0.341 e. The van der Waals surface area contributed by atoms with Gasteiger partial charge in [-0.3, -0.25) is 14.3 Å². The molecule has 9 heteroatoms. The van der Waals surface area contributed by atoms with Crippen molar-refractivity contribution < 1.29 is 9.59 Å². The summed E-state index contributed by atoms with van der Waals surface area (Å²) in [5, 5.41) is 8.09. The number of carbonyl (C=O) groups excluding carboxylic acids is 2. The number of likely N-dealkylation sites (tertiary alicyclic amines) is 1. The molecule has 0 aromatic carbocycles. The number of nitrogens with zero attached hydrogens (tertiary/aromatic N) is 4. The van der Waals surface area contributed by atoms with Gasteiger partial charge in [0.05, 0.1) is 17.3 Å². The highest BCUT2D eigenvalue weighted by Crippen LogP contribution is 2.43. The van der Waals surface area contributed by atoms with Gasteiger partial charge in [0.1, 0.15) is 5.82 Å². The molecule has 1 saturated carbocycles. The van der Waals surface area contributed by atoms with E-state index in [0.717, 1.165) is 36.9 Å². The van der Waals surface area contributed by atoms with Gasteiger partial charge < -0.3 is 16.0 Å². The highest BCUT2D eigenvalue weighted by atomic mass is 35.5. The molecule has 8 nitrogen and oxygen atoms in total. The van der Waals surface area contributed by atoms with E-state index in [2.05, 4.69) is 29.2 Å². The highest BCUT2D eigenvalue weighted by molar-refractivity contribution is 6.33. The lowest BCUT2D eigenvalue weighted by molar-refractivity contribution is -0.131. The Morgan fingerprint density at radius 3 is 2.58 bits per heavy atom. The Morgan fingerprint density at radius 1 is 1.21 bits per heavy atom. The lowest BCUT2D eigenvalue weighted by atomic mass is 9.89. The first-order valence-corrected chi connectivity index (χ1v) is 12.0. The fourth-order valence-electron chi connectivity index (χ4n) is 5.80. The highest BCUT2D eigenvalue weighted by Gasteiger charge is 2.44. The molecular formula is C24H31ClN6O2. The smallest absolute Gasteiger partial charge is 0.239 e. The Balaban J connectivity index is 1.27. The lowest BCUT2D eigenvalue weighted by Gasteiger charge is -2.20. The predicted molar refractivity (Wildman–Crippen MR) is 127 cm³/mol. The van der Waals surface area contributed by atoms with Gasteiger partial charge in [-0.05, 0) is 49.5 Å². The molecule has 4 heterocycles. The van der Waals surface area contributed by atoms with Gasteiger partial charge in [0.15, 0.2) is 0 Å². The molecule has 2 aromatic rings. The van der Waals surface area contributed by atoms with Gasteiger partial charge in [0, 0.05) is 48.6 Å². The number of halogens is 1. The summed E-state index contributed by atoms with van der Waals surface area (Å²) in [6, 6.07) is 1.37. The quantitative estimate of drug-likeness (QED) is 0.714. The van der Waals surface area contributed by atoms with Crippen LogP contribution < -0.4 is 11.1 Å². The van der Waals surface area contributed by atoms with E-state index in [1.54, 1.807) is 13.1 Å². The summed E-state index contributed by atoms with van der Waals surface area (Å²) in [6.07, 6.45) is 5.94. The molecule has 2 amide bonds. The normalized spacial score (nSPS) is 26.2. The van der Waals surface area contributed by atoms with E-state index in [4.69, 9.17) is 17.3 Å². The van der Waals surface area contributed by atoms with Crippen molar-refractivity contribution in [2.45, 2.75) is 52.6 Å². The van der Waals surface area contributed by atoms with E-state index in [9.17, 15) is 9.59 Å². The van der Waals surface area contributed by atoms with Crippen LogP contribution in [0.2, 0.25) is 5.02 Å². The number of nitrogens with one attached hydrogen (secondary N) is 1. The summed E-state index contributed by atoms with van der Waals surface area (Å²) in [6.45, 7) is 8.45. The molecule has 5 rings (SSSR count). The summed E-state index contributed by atoms with van der Waals surface area (Å²) < 4.78 is 2.04. The topological polar surface area (TPSA) is 106 Å². The second-order valence-electron chi connectivity index (χ2n) is 10.8. The Labute approximate surface area is 198 Å².